The number of ketones is 1. The number of sulfone groups is 1. The molecule has 1 atom stereocenters. The first-order valence-corrected chi connectivity index (χ1v) is 11.9. The summed E-state index contributed by atoms with van der Waals surface area (Å²) in [6, 6.07) is 5.73. The number of aromatic nitrogens is 1. The van der Waals surface area contributed by atoms with Crippen molar-refractivity contribution in [1.29, 1.82) is 0 Å². The molecule has 7 nitrogen and oxygen atoms in total. The summed E-state index contributed by atoms with van der Waals surface area (Å²) in [5.41, 5.74) is 0.211. The molecule has 1 aromatic carbocycles. The molecule has 1 aliphatic heterocycles. The van der Waals surface area contributed by atoms with E-state index in [0.717, 1.165) is 10.6 Å². The molecular weight excluding hydrogens is 435 g/mol. The summed E-state index contributed by atoms with van der Waals surface area (Å²) in [6.45, 7) is 0. The largest absolute Gasteiger partial charge is 0.291 e. The number of rotatable bonds is 3. The summed E-state index contributed by atoms with van der Waals surface area (Å²) in [4.78, 5) is 16.9. The maximum Gasteiger partial charge on any atom is 0.232 e. The van der Waals surface area contributed by atoms with Crippen molar-refractivity contribution in [2.45, 2.75) is 11.0 Å². The minimum absolute atomic E-state index is 0.0217. The second-order valence-corrected chi connectivity index (χ2v) is 11.0. The maximum absolute atomic E-state index is 12.9. The minimum Gasteiger partial charge on any atom is -0.291 e. The summed E-state index contributed by atoms with van der Waals surface area (Å²) >= 11 is 12.5. The van der Waals surface area contributed by atoms with Gasteiger partial charge in [-0.25, -0.2) is 16.8 Å². The summed E-state index contributed by atoms with van der Waals surface area (Å²) in [7, 11) is -6.39. The molecule has 0 N–H and O–H groups in total. The molecule has 1 aliphatic rings. The van der Waals surface area contributed by atoms with Crippen LogP contribution in [0.15, 0.2) is 30.5 Å². The van der Waals surface area contributed by atoms with Crippen LogP contribution in [-0.2, 0) is 25.6 Å². The molecule has 27 heavy (non-hydrogen) atoms. The van der Waals surface area contributed by atoms with Gasteiger partial charge in [-0.15, -0.1) is 0 Å². The zero-order valence-electron chi connectivity index (χ0n) is 14.2. The molecule has 2 heterocycles. The van der Waals surface area contributed by atoms with Crippen molar-refractivity contribution in [3.63, 3.8) is 0 Å². The lowest BCUT2D eigenvalue weighted by Crippen LogP contribution is -2.32. The maximum atomic E-state index is 12.9. The van der Waals surface area contributed by atoms with E-state index in [1.54, 1.807) is 6.07 Å². The van der Waals surface area contributed by atoms with Gasteiger partial charge in [-0.1, -0.05) is 29.3 Å². The monoisotopic (exact) mass is 448 g/mol. The molecule has 144 valence electrons. The number of Topliss-reactive ketones (excluding diaryl/α,β-unsaturated/α-hetero) is 1. The summed E-state index contributed by atoms with van der Waals surface area (Å²) in [5.74, 6) is -1.15. The Morgan fingerprint density at radius 1 is 1.22 bits per heavy atom. The van der Waals surface area contributed by atoms with Crippen molar-refractivity contribution in [3.05, 3.63) is 57.3 Å². The van der Waals surface area contributed by atoms with Crippen LogP contribution < -0.4 is 4.31 Å². The van der Waals surface area contributed by atoms with Gasteiger partial charge in [0, 0.05) is 23.8 Å². The fourth-order valence-corrected chi connectivity index (χ4v) is 6.17. The van der Waals surface area contributed by atoms with E-state index in [4.69, 9.17) is 23.2 Å². The molecule has 0 bridgehead atoms. The van der Waals surface area contributed by atoms with Gasteiger partial charge in [-0.2, -0.15) is 0 Å². The van der Waals surface area contributed by atoms with Crippen LogP contribution >= 0.6 is 23.2 Å². The van der Waals surface area contributed by atoms with Crippen molar-refractivity contribution in [2.75, 3.05) is 17.6 Å². The molecule has 11 heteroatoms. The van der Waals surface area contributed by atoms with E-state index in [0.29, 0.717) is 5.56 Å². The number of carbonyl (C=O) groups excluding carboxylic acids is 1. The lowest BCUT2D eigenvalue weighted by Gasteiger charge is -2.26. The van der Waals surface area contributed by atoms with E-state index in [2.05, 4.69) is 4.98 Å². The van der Waals surface area contributed by atoms with E-state index >= 15 is 0 Å². The standard InChI is InChI=1S/C16H14Cl2N2O5S2/c1-20(26(2,22)23)11-6-5-10(17)12(13(11)18)16-15(21)14-9(4-3-7-19-14)8-27(16,24)25/h3-7,16H,8H2,1-2H3. The van der Waals surface area contributed by atoms with Crippen LogP contribution in [0.25, 0.3) is 0 Å². The number of carbonyl (C=O) groups is 1. The first kappa shape index (κ1) is 20.1. The molecule has 0 aliphatic carbocycles. The van der Waals surface area contributed by atoms with Gasteiger partial charge in [0.05, 0.1) is 22.7 Å². The second-order valence-electron chi connectivity index (χ2n) is 6.09. The Kier molecular flexibility index (Phi) is 5.00. The van der Waals surface area contributed by atoms with E-state index in [1.807, 2.05) is 0 Å². The van der Waals surface area contributed by atoms with Crippen LogP contribution in [0, 0.1) is 0 Å². The molecule has 0 saturated carbocycles. The Bertz CT molecular complexity index is 1160. The summed E-state index contributed by atoms with van der Waals surface area (Å²) in [5, 5.41) is -1.92. The van der Waals surface area contributed by atoms with E-state index in [1.165, 1.54) is 31.4 Å². The lowest BCUT2D eigenvalue weighted by molar-refractivity contribution is 0.0979. The molecule has 0 amide bonds. The van der Waals surface area contributed by atoms with Gasteiger partial charge < -0.3 is 0 Å². The zero-order chi connectivity index (χ0) is 20.1. The number of anilines is 1. The third-order valence-electron chi connectivity index (χ3n) is 4.28. The third-order valence-corrected chi connectivity index (χ3v) is 8.08. The van der Waals surface area contributed by atoms with Gasteiger partial charge in [0.25, 0.3) is 0 Å². The van der Waals surface area contributed by atoms with Crippen LogP contribution in [0.4, 0.5) is 5.69 Å². The van der Waals surface area contributed by atoms with Crippen LogP contribution in [0.1, 0.15) is 26.9 Å². The van der Waals surface area contributed by atoms with Crippen LogP contribution in [0.3, 0.4) is 0 Å². The molecular formula is C16H14Cl2N2O5S2. The smallest absolute Gasteiger partial charge is 0.232 e. The van der Waals surface area contributed by atoms with Gasteiger partial charge in [0.15, 0.2) is 15.1 Å². The van der Waals surface area contributed by atoms with Gasteiger partial charge in [0.2, 0.25) is 15.8 Å². The number of halogens is 2. The highest BCUT2D eigenvalue weighted by Crippen LogP contribution is 2.44. The summed E-state index contributed by atoms with van der Waals surface area (Å²) < 4.78 is 50.3. The topological polar surface area (TPSA) is 101 Å². The van der Waals surface area contributed by atoms with Crippen molar-refractivity contribution in [3.8, 4) is 0 Å². The molecule has 0 fully saturated rings. The second kappa shape index (κ2) is 6.73. The van der Waals surface area contributed by atoms with Crippen molar-refractivity contribution in [1.82, 2.24) is 4.98 Å². The highest BCUT2D eigenvalue weighted by molar-refractivity contribution is 7.92. The number of fused-ring (bicyclic) bond motifs is 1. The zero-order valence-corrected chi connectivity index (χ0v) is 17.3. The number of hydrogen-bond donors (Lipinski definition) is 0. The number of hydrogen-bond acceptors (Lipinski definition) is 6. The van der Waals surface area contributed by atoms with Gasteiger partial charge >= 0.3 is 0 Å². The highest BCUT2D eigenvalue weighted by Gasteiger charge is 2.44. The Morgan fingerprint density at radius 2 is 1.89 bits per heavy atom. The quantitative estimate of drug-likeness (QED) is 0.714. The molecule has 0 spiro atoms. The number of sulfonamides is 1. The van der Waals surface area contributed by atoms with Crippen LogP contribution in [0.5, 0.6) is 0 Å². The molecule has 0 radical (unpaired) electrons. The molecule has 3 rings (SSSR count). The predicted octanol–water partition coefficient (Wildman–Crippen LogP) is 2.64. The number of pyridine rings is 1. The normalized spacial score (nSPS) is 18.8. The first-order chi connectivity index (χ1) is 12.4. The molecule has 2 aromatic rings. The van der Waals surface area contributed by atoms with Gasteiger partial charge in [0.1, 0.15) is 5.69 Å². The Balaban J connectivity index is 2.26. The first-order valence-electron chi connectivity index (χ1n) is 7.56. The van der Waals surface area contributed by atoms with Gasteiger partial charge in [-0.3, -0.25) is 14.1 Å². The van der Waals surface area contributed by atoms with Crippen LogP contribution in [0.2, 0.25) is 10.0 Å². The van der Waals surface area contributed by atoms with Crippen molar-refractivity contribution >= 4 is 54.5 Å². The fraction of sp³-hybridized carbons (Fsp3) is 0.250. The van der Waals surface area contributed by atoms with Crippen molar-refractivity contribution in [2.24, 2.45) is 0 Å². The lowest BCUT2D eigenvalue weighted by atomic mass is 10.0. The average Bonchev–Trinajstić information content (AvgIpc) is 2.56. The molecule has 1 unspecified atom stereocenters. The Labute approximate surface area is 166 Å². The van der Waals surface area contributed by atoms with Gasteiger partial charge in [-0.05, 0) is 23.8 Å². The van der Waals surface area contributed by atoms with Crippen molar-refractivity contribution < 1.29 is 21.6 Å². The number of nitrogens with zero attached hydrogens (tertiary/aromatic N) is 2. The van der Waals surface area contributed by atoms with E-state index < -0.39 is 36.6 Å². The average molecular weight is 449 g/mol. The SMILES string of the molecule is CN(c1ccc(Cl)c(C2C(=O)c3ncccc3CS2(=O)=O)c1Cl)S(C)(=O)=O. The van der Waals surface area contributed by atoms with Crippen LogP contribution in [-0.4, -0.2) is 40.9 Å². The fourth-order valence-electron chi connectivity index (χ4n) is 2.89. The summed E-state index contributed by atoms with van der Waals surface area (Å²) in [6.07, 6.45) is 2.36. The number of benzene rings is 1. The Hall–Kier alpha value is -1.68. The third kappa shape index (κ3) is 3.44. The predicted molar refractivity (Wildman–Crippen MR) is 104 cm³/mol. The van der Waals surface area contributed by atoms with E-state index in [-0.39, 0.29) is 27.0 Å². The molecule has 0 saturated heterocycles. The minimum atomic E-state index is -3.99. The Morgan fingerprint density at radius 3 is 2.52 bits per heavy atom. The highest BCUT2D eigenvalue weighted by atomic mass is 35.5. The molecule has 1 aromatic heterocycles. The van der Waals surface area contributed by atoms with E-state index in [9.17, 15) is 21.6 Å².